The molecule has 0 radical (unpaired) electrons. The van der Waals surface area contributed by atoms with Crippen molar-refractivity contribution in [1.29, 1.82) is 0 Å². The number of fused-ring (bicyclic) bond motifs is 1. The molecule has 2 aliphatic heterocycles. The largest absolute Gasteiger partial charge is 0.479 e. The third-order valence-electron chi connectivity index (χ3n) is 3.42. The molecule has 0 aromatic rings. The lowest BCUT2D eigenvalue weighted by Gasteiger charge is -2.32. The molecule has 78 valence electrons. The van der Waals surface area contributed by atoms with Crippen LogP contribution in [0.3, 0.4) is 0 Å². The number of hydrogen-bond donors (Lipinski definition) is 1. The zero-order valence-corrected chi connectivity index (χ0v) is 8.16. The number of carbonyl (C=O) groups excluding carboxylic acids is 1. The second-order valence-corrected chi connectivity index (χ2v) is 4.19. The van der Waals surface area contributed by atoms with Gasteiger partial charge in [0.25, 0.3) is 0 Å². The van der Waals surface area contributed by atoms with Crippen LogP contribution in [0.2, 0.25) is 0 Å². The number of hydrogen-bond acceptors (Lipinski definition) is 2. The summed E-state index contributed by atoms with van der Waals surface area (Å²) in [6.45, 7) is 0.630. The molecule has 2 saturated heterocycles. The van der Waals surface area contributed by atoms with Gasteiger partial charge in [-0.25, -0.2) is 4.79 Å². The van der Waals surface area contributed by atoms with Crippen molar-refractivity contribution in [2.24, 2.45) is 0 Å². The van der Waals surface area contributed by atoms with E-state index in [-0.39, 0.29) is 5.91 Å². The van der Waals surface area contributed by atoms with Crippen molar-refractivity contribution in [1.82, 2.24) is 4.90 Å². The van der Waals surface area contributed by atoms with Crippen molar-refractivity contribution in [3.8, 4) is 0 Å². The van der Waals surface area contributed by atoms with E-state index in [9.17, 15) is 14.7 Å². The average molecular weight is 197 g/mol. The summed E-state index contributed by atoms with van der Waals surface area (Å²) in [5.74, 6) is -0.785. The zero-order valence-electron chi connectivity index (χ0n) is 8.16. The monoisotopic (exact) mass is 197 g/mol. The fraction of sp³-hybridized carbons (Fsp3) is 0.800. The topological polar surface area (TPSA) is 57.6 Å². The highest BCUT2D eigenvalue weighted by Crippen LogP contribution is 2.37. The van der Waals surface area contributed by atoms with E-state index < -0.39 is 11.5 Å². The molecule has 1 unspecified atom stereocenters. The maximum Gasteiger partial charge on any atom is 0.329 e. The van der Waals surface area contributed by atoms with Gasteiger partial charge in [0.15, 0.2) is 0 Å². The molecule has 0 aromatic carbocycles. The first-order valence-electron chi connectivity index (χ1n) is 5.21. The van der Waals surface area contributed by atoms with E-state index in [2.05, 4.69) is 0 Å². The number of carboxylic acids is 1. The Morgan fingerprint density at radius 2 is 2.00 bits per heavy atom. The summed E-state index contributed by atoms with van der Waals surface area (Å²) in [7, 11) is 0. The average Bonchev–Trinajstić information content (AvgIpc) is 2.51. The minimum atomic E-state index is -0.854. The van der Waals surface area contributed by atoms with Gasteiger partial charge in [-0.2, -0.15) is 0 Å². The minimum absolute atomic E-state index is 0.0300. The Kier molecular flexibility index (Phi) is 2.21. The van der Waals surface area contributed by atoms with Crippen molar-refractivity contribution >= 4 is 11.9 Å². The molecular weight excluding hydrogens is 182 g/mol. The summed E-state index contributed by atoms with van der Waals surface area (Å²) in [4.78, 5) is 24.5. The minimum Gasteiger partial charge on any atom is -0.479 e. The Bertz CT molecular complexity index is 277. The molecule has 0 bridgehead atoms. The lowest BCUT2D eigenvalue weighted by molar-refractivity contribution is -0.156. The van der Waals surface area contributed by atoms with Crippen LogP contribution in [0.1, 0.15) is 38.5 Å². The van der Waals surface area contributed by atoms with Gasteiger partial charge in [-0.05, 0) is 32.1 Å². The van der Waals surface area contributed by atoms with Crippen LogP contribution in [0.25, 0.3) is 0 Å². The molecule has 4 nitrogen and oxygen atoms in total. The van der Waals surface area contributed by atoms with Gasteiger partial charge < -0.3 is 10.0 Å². The first-order chi connectivity index (χ1) is 6.67. The molecule has 2 rings (SSSR count). The van der Waals surface area contributed by atoms with E-state index in [0.29, 0.717) is 25.8 Å². The molecule has 2 fully saturated rings. The SMILES string of the molecule is O=C1CCCCC2(C(=O)O)CCCN12. The molecule has 14 heavy (non-hydrogen) atoms. The standard InChI is InChI=1S/C10H15NO3/c12-8-4-1-2-5-10(9(13)14)6-3-7-11(8)10/h1-7H2,(H,13,14). The fourth-order valence-electron chi connectivity index (χ4n) is 2.66. The predicted octanol–water partition coefficient (Wildman–Crippen LogP) is 1.01. The lowest BCUT2D eigenvalue weighted by atomic mass is 9.91. The second kappa shape index (κ2) is 3.26. The van der Waals surface area contributed by atoms with Gasteiger partial charge in [-0.3, -0.25) is 4.79 Å². The van der Waals surface area contributed by atoms with Crippen LogP contribution in [0.15, 0.2) is 0 Å². The number of carbonyl (C=O) groups is 2. The number of carboxylic acid groups (broad SMARTS) is 1. The predicted molar refractivity (Wildman–Crippen MR) is 49.8 cm³/mol. The van der Waals surface area contributed by atoms with Crippen molar-refractivity contribution < 1.29 is 14.7 Å². The van der Waals surface area contributed by atoms with Gasteiger partial charge in [0.1, 0.15) is 5.54 Å². The lowest BCUT2D eigenvalue weighted by Crippen LogP contribution is -2.51. The highest BCUT2D eigenvalue weighted by atomic mass is 16.4. The highest BCUT2D eigenvalue weighted by molar-refractivity contribution is 5.88. The maximum absolute atomic E-state index is 11.7. The summed E-state index contributed by atoms with van der Waals surface area (Å²) < 4.78 is 0. The third kappa shape index (κ3) is 1.21. The van der Waals surface area contributed by atoms with E-state index in [1.54, 1.807) is 4.90 Å². The molecular formula is C10H15NO3. The summed E-state index contributed by atoms with van der Waals surface area (Å²) in [6, 6.07) is 0. The van der Waals surface area contributed by atoms with Crippen LogP contribution in [0.4, 0.5) is 0 Å². The maximum atomic E-state index is 11.7. The summed E-state index contributed by atoms with van der Waals surface area (Å²) in [6.07, 6.45) is 4.31. The highest BCUT2D eigenvalue weighted by Gasteiger charge is 2.50. The van der Waals surface area contributed by atoms with E-state index in [4.69, 9.17) is 0 Å². The van der Waals surface area contributed by atoms with Crippen LogP contribution in [0, 0.1) is 0 Å². The Labute approximate surface area is 82.9 Å². The quantitative estimate of drug-likeness (QED) is 0.682. The van der Waals surface area contributed by atoms with E-state index in [0.717, 1.165) is 19.3 Å². The van der Waals surface area contributed by atoms with Gasteiger partial charge in [0.05, 0.1) is 0 Å². The molecule has 2 aliphatic rings. The molecule has 1 N–H and O–H groups in total. The van der Waals surface area contributed by atoms with Gasteiger partial charge in [-0.15, -0.1) is 0 Å². The zero-order chi connectivity index (χ0) is 10.2. The van der Waals surface area contributed by atoms with Gasteiger partial charge in [0.2, 0.25) is 5.91 Å². The smallest absolute Gasteiger partial charge is 0.329 e. The van der Waals surface area contributed by atoms with Crippen molar-refractivity contribution in [2.45, 2.75) is 44.1 Å². The summed E-state index contributed by atoms with van der Waals surface area (Å²) >= 11 is 0. The number of amides is 1. The Morgan fingerprint density at radius 1 is 1.29 bits per heavy atom. The Morgan fingerprint density at radius 3 is 2.71 bits per heavy atom. The fourth-order valence-corrected chi connectivity index (χ4v) is 2.66. The van der Waals surface area contributed by atoms with Gasteiger partial charge in [-0.1, -0.05) is 0 Å². The Balaban J connectivity index is 2.33. The van der Waals surface area contributed by atoms with Crippen LogP contribution < -0.4 is 0 Å². The third-order valence-corrected chi connectivity index (χ3v) is 3.42. The van der Waals surface area contributed by atoms with Crippen LogP contribution in [-0.2, 0) is 9.59 Å². The first-order valence-corrected chi connectivity index (χ1v) is 5.21. The molecule has 4 heteroatoms. The van der Waals surface area contributed by atoms with E-state index in [1.807, 2.05) is 0 Å². The second-order valence-electron chi connectivity index (χ2n) is 4.19. The molecule has 0 saturated carbocycles. The van der Waals surface area contributed by atoms with Gasteiger partial charge >= 0.3 is 5.97 Å². The number of rotatable bonds is 1. The molecule has 0 spiro atoms. The Hall–Kier alpha value is -1.06. The van der Waals surface area contributed by atoms with Gasteiger partial charge in [0, 0.05) is 13.0 Å². The molecule has 0 aromatic heterocycles. The number of nitrogens with zero attached hydrogens (tertiary/aromatic N) is 1. The first kappa shape index (κ1) is 9.49. The summed E-state index contributed by atoms with van der Waals surface area (Å²) in [5, 5.41) is 9.25. The number of aliphatic carboxylic acids is 1. The van der Waals surface area contributed by atoms with Crippen LogP contribution in [-0.4, -0.2) is 34.0 Å². The van der Waals surface area contributed by atoms with E-state index >= 15 is 0 Å². The molecule has 1 amide bonds. The molecule has 1 atom stereocenters. The molecule has 2 heterocycles. The van der Waals surface area contributed by atoms with Crippen molar-refractivity contribution in [3.05, 3.63) is 0 Å². The van der Waals surface area contributed by atoms with Crippen molar-refractivity contribution in [2.75, 3.05) is 6.54 Å². The van der Waals surface area contributed by atoms with Crippen LogP contribution >= 0.6 is 0 Å². The summed E-state index contributed by atoms with van der Waals surface area (Å²) in [5.41, 5.74) is -0.854. The normalized spacial score (nSPS) is 32.6. The molecule has 0 aliphatic carbocycles. The van der Waals surface area contributed by atoms with Crippen LogP contribution in [0.5, 0.6) is 0 Å². The van der Waals surface area contributed by atoms with Crippen molar-refractivity contribution in [3.63, 3.8) is 0 Å². The van der Waals surface area contributed by atoms with E-state index in [1.165, 1.54) is 0 Å².